The highest BCUT2D eigenvalue weighted by Gasteiger charge is 2.18. The first-order chi connectivity index (χ1) is 16.6. The Kier molecular flexibility index (Phi) is 7.66. The Balaban J connectivity index is 1.49. The van der Waals surface area contributed by atoms with Gasteiger partial charge in [0.1, 0.15) is 17.4 Å². The van der Waals surface area contributed by atoms with Gasteiger partial charge in [0.2, 0.25) is 0 Å². The number of benzene rings is 1. The quantitative estimate of drug-likeness (QED) is 0.417. The number of rotatable bonds is 9. The molecule has 0 amide bonds. The van der Waals surface area contributed by atoms with E-state index in [0.717, 1.165) is 60.1 Å². The molecule has 2 aromatic heterocycles. The van der Waals surface area contributed by atoms with Crippen LogP contribution in [0, 0.1) is 5.41 Å². The SMILES string of the molecule is COc1ccc(CNc2ncc(-c3cncc(N4CCN(CCO)CC4)n3)cc2C(C)=N)cc1. The highest BCUT2D eigenvalue weighted by molar-refractivity contribution is 6.01. The molecule has 1 saturated heterocycles. The number of nitrogens with one attached hydrogen (secondary N) is 2. The molecule has 1 aliphatic heterocycles. The van der Waals surface area contributed by atoms with E-state index in [2.05, 4.69) is 25.1 Å². The molecule has 4 rings (SSSR count). The van der Waals surface area contributed by atoms with Crippen LogP contribution >= 0.6 is 0 Å². The van der Waals surface area contributed by atoms with Crippen molar-refractivity contribution >= 4 is 17.3 Å². The average Bonchev–Trinajstić information content (AvgIpc) is 2.88. The number of nitrogens with zero attached hydrogens (tertiary/aromatic N) is 5. The Hall–Kier alpha value is -3.56. The van der Waals surface area contributed by atoms with Crippen molar-refractivity contribution in [2.24, 2.45) is 0 Å². The van der Waals surface area contributed by atoms with Crippen molar-refractivity contribution in [3.8, 4) is 17.0 Å². The van der Waals surface area contributed by atoms with Crippen molar-refractivity contribution < 1.29 is 9.84 Å². The molecule has 3 aromatic rings. The predicted molar refractivity (Wildman–Crippen MR) is 134 cm³/mol. The number of aromatic nitrogens is 3. The van der Waals surface area contributed by atoms with E-state index in [1.165, 1.54) is 0 Å². The molecule has 3 N–H and O–H groups in total. The van der Waals surface area contributed by atoms with Crippen molar-refractivity contribution in [2.45, 2.75) is 13.5 Å². The van der Waals surface area contributed by atoms with Crippen LogP contribution in [0.2, 0.25) is 0 Å². The van der Waals surface area contributed by atoms with Crippen LogP contribution in [0.25, 0.3) is 11.3 Å². The number of hydrogen-bond donors (Lipinski definition) is 3. The lowest BCUT2D eigenvalue weighted by molar-refractivity contribution is 0.188. The van der Waals surface area contributed by atoms with Crippen molar-refractivity contribution in [1.29, 1.82) is 5.41 Å². The number of piperazine rings is 1. The van der Waals surface area contributed by atoms with E-state index in [-0.39, 0.29) is 6.61 Å². The molecule has 0 aliphatic carbocycles. The van der Waals surface area contributed by atoms with Gasteiger partial charge >= 0.3 is 0 Å². The summed E-state index contributed by atoms with van der Waals surface area (Å²) in [5.74, 6) is 2.31. The number of aliphatic hydroxyl groups is 1. The summed E-state index contributed by atoms with van der Waals surface area (Å²) >= 11 is 0. The molecule has 1 fully saturated rings. The average molecular weight is 462 g/mol. The molecule has 0 spiro atoms. The van der Waals surface area contributed by atoms with E-state index in [4.69, 9.17) is 20.2 Å². The molecule has 34 heavy (non-hydrogen) atoms. The molecule has 9 heteroatoms. The van der Waals surface area contributed by atoms with Gasteiger partial charge in [0.05, 0.1) is 31.8 Å². The summed E-state index contributed by atoms with van der Waals surface area (Å²) in [7, 11) is 1.65. The fourth-order valence-corrected chi connectivity index (χ4v) is 3.95. The molecule has 3 heterocycles. The maximum absolute atomic E-state index is 9.15. The van der Waals surface area contributed by atoms with Gasteiger partial charge in [-0.05, 0) is 30.7 Å². The number of pyridine rings is 1. The van der Waals surface area contributed by atoms with E-state index in [1.54, 1.807) is 32.6 Å². The minimum atomic E-state index is 0.183. The monoisotopic (exact) mass is 461 g/mol. The fourth-order valence-electron chi connectivity index (χ4n) is 3.95. The molecule has 0 saturated carbocycles. The summed E-state index contributed by atoms with van der Waals surface area (Å²) in [6.45, 7) is 6.70. The molecule has 0 bridgehead atoms. The van der Waals surface area contributed by atoms with Crippen molar-refractivity contribution in [3.05, 3.63) is 60.0 Å². The van der Waals surface area contributed by atoms with E-state index >= 15 is 0 Å². The summed E-state index contributed by atoms with van der Waals surface area (Å²) in [5.41, 5.74) is 3.81. The first kappa shape index (κ1) is 23.6. The molecule has 9 nitrogen and oxygen atoms in total. The Bertz CT molecular complexity index is 1110. The van der Waals surface area contributed by atoms with Crippen molar-refractivity contribution in [3.63, 3.8) is 0 Å². The van der Waals surface area contributed by atoms with Crippen LogP contribution in [0.1, 0.15) is 18.1 Å². The molecule has 1 aliphatic rings. The van der Waals surface area contributed by atoms with E-state index in [1.807, 2.05) is 30.3 Å². The fraction of sp³-hybridized carbons (Fsp3) is 0.360. The van der Waals surface area contributed by atoms with Gasteiger partial charge < -0.3 is 25.5 Å². The standard InChI is InChI=1S/C25H31N7O2/c1-18(26)22-13-20(15-29-25(22)28-14-19-3-5-21(34-2)6-4-19)23-16-27-17-24(30-23)32-9-7-31(8-10-32)11-12-33/h3-6,13,15-17,26,33H,7-12,14H2,1-2H3,(H,28,29). The van der Waals surface area contributed by atoms with Gasteiger partial charge in [0.25, 0.3) is 0 Å². The number of aliphatic hydroxyl groups excluding tert-OH is 1. The Labute approximate surface area is 200 Å². The van der Waals surface area contributed by atoms with E-state index < -0.39 is 0 Å². The minimum absolute atomic E-state index is 0.183. The van der Waals surface area contributed by atoms with E-state index in [0.29, 0.717) is 24.6 Å². The number of β-amino-alcohol motifs (C(OH)–C–C–N with tert-alkyl or cyclic N) is 1. The van der Waals surface area contributed by atoms with Gasteiger partial charge in [0.15, 0.2) is 0 Å². The van der Waals surface area contributed by atoms with Crippen molar-refractivity contribution in [2.75, 3.05) is 56.7 Å². The summed E-state index contributed by atoms with van der Waals surface area (Å²) in [5, 5.41) is 20.8. The first-order valence-corrected chi connectivity index (χ1v) is 11.4. The van der Waals surface area contributed by atoms with Crippen LogP contribution < -0.4 is 15.0 Å². The van der Waals surface area contributed by atoms with E-state index in [9.17, 15) is 0 Å². The molecular weight excluding hydrogens is 430 g/mol. The lowest BCUT2D eigenvalue weighted by Crippen LogP contribution is -2.47. The Morgan fingerprint density at radius 1 is 1.12 bits per heavy atom. The third-order valence-corrected chi connectivity index (χ3v) is 5.94. The van der Waals surface area contributed by atoms with Crippen LogP contribution in [0.4, 0.5) is 11.6 Å². The second-order valence-corrected chi connectivity index (χ2v) is 8.26. The second-order valence-electron chi connectivity index (χ2n) is 8.26. The summed E-state index contributed by atoms with van der Waals surface area (Å²) in [6, 6.07) is 9.80. The van der Waals surface area contributed by atoms with Gasteiger partial charge in [-0.2, -0.15) is 0 Å². The molecule has 0 unspecified atom stereocenters. The molecule has 0 radical (unpaired) electrons. The minimum Gasteiger partial charge on any atom is -0.497 e. The van der Waals surface area contributed by atoms with Gasteiger partial charge in [-0.1, -0.05) is 12.1 Å². The third kappa shape index (κ3) is 5.67. The van der Waals surface area contributed by atoms with Crippen LogP contribution in [0.3, 0.4) is 0 Å². The van der Waals surface area contributed by atoms with Gasteiger partial charge in [-0.25, -0.2) is 9.97 Å². The van der Waals surface area contributed by atoms with Crippen LogP contribution in [0.5, 0.6) is 5.75 Å². The lowest BCUT2D eigenvalue weighted by atomic mass is 10.1. The Morgan fingerprint density at radius 3 is 2.56 bits per heavy atom. The van der Waals surface area contributed by atoms with Crippen molar-refractivity contribution in [1.82, 2.24) is 19.9 Å². The first-order valence-electron chi connectivity index (χ1n) is 11.4. The van der Waals surface area contributed by atoms with Crippen LogP contribution in [0.15, 0.2) is 48.9 Å². The third-order valence-electron chi connectivity index (χ3n) is 5.94. The molecule has 0 atom stereocenters. The number of methoxy groups -OCH3 is 1. The second kappa shape index (κ2) is 11.0. The molecule has 1 aromatic carbocycles. The summed E-state index contributed by atoms with van der Waals surface area (Å²) in [4.78, 5) is 18.3. The number of ether oxygens (including phenoxy) is 1. The lowest BCUT2D eigenvalue weighted by Gasteiger charge is -2.34. The topological polar surface area (TPSA) is 110 Å². The van der Waals surface area contributed by atoms with Crippen LogP contribution in [-0.4, -0.2) is 77.1 Å². The smallest absolute Gasteiger partial charge is 0.147 e. The van der Waals surface area contributed by atoms with Gasteiger partial charge in [0, 0.05) is 62.3 Å². The number of hydrogen-bond acceptors (Lipinski definition) is 9. The van der Waals surface area contributed by atoms with Gasteiger partial charge in [-0.15, -0.1) is 0 Å². The maximum Gasteiger partial charge on any atom is 0.147 e. The molecule has 178 valence electrons. The summed E-state index contributed by atoms with van der Waals surface area (Å²) in [6.07, 6.45) is 5.29. The zero-order valence-electron chi connectivity index (χ0n) is 19.7. The largest absolute Gasteiger partial charge is 0.497 e. The predicted octanol–water partition coefficient (Wildman–Crippen LogP) is 2.66. The van der Waals surface area contributed by atoms with Gasteiger partial charge in [-0.3, -0.25) is 9.88 Å². The summed E-state index contributed by atoms with van der Waals surface area (Å²) < 4.78 is 5.21. The highest BCUT2D eigenvalue weighted by atomic mass is 16.5. The number of anilines is 2. The maximum atomic E-state index is 9.15. The zero-order valence-corrected chi connectivity index (χ0v) is 19.7. The highest BCUT2D eigenvalue weighted by Crippen LogP contribution is 2.24. The zero-order chi connectivity index (χ0) is 23.9. The Morgan fingerprint density at radius 2 is 1.88 bits per heavy atom. The van der Waals surface area contributed by atoms with Crippen LogP contribution in [-0.2, 0) is 6.54 Å². The normalized spacial score (nSPS) is 14.1. The molecular formula is C25H31N7O2.